The molecule has 176 valence electrons. The Labute approximate surface area is 187 Å². The lowest BCUT2D eigenvalue weighted by atomic mass is 10.0. The van der Waals surface area contributed by atoms with Gasteiger partial charge in [-0.15, -0.1) is 0 Å². The molecule has 1 fully saturated rings. The summed E-state index contributed by atoms with van der Waals surface area (Å²) >= 11 is 0. The van der Waals surface area contributed by atoms with Crippen LogP contribution in [0.3, 0.4) is 0 Å². The maximum Gasteiger partial charge on any atom is 0.404 e. The van der Waals surface area contributed by atoms with Crippen molar-refractivity contribution in [3.05, 3.63) is 29.3 Å². The molecule has 0 aromatic heterocycles. The molecule has 1 aromatic rings. The molecule has 13 nitrogen and oxygen atoms in total. The lowest BCUT2D eigenvalue weighted by Gasteiger charge is -2.27. The SMILES string of the molecule is O=C(O)NCCOCCNC(=O)COc1cccc2c1C(=O)N(C1CCC(=O)NC1=O)C2=O. The Kier molecular flexibility index (Phi) is 7.56. The minimum atomic E-state index is -1.16. The molecule has 2 aliphatic heterocycles. The molecule has 2 aliphatic rings. The van der Waals surface area contributed by atoms with Crippen molar-refractivity contribution in [2.75, 3.05) is 32.9 Å². The summed E-state index contributed by atoms with van der Waals surface area (Å²) in [6, 6.07) is 3.25. The number of nitrogens with one attached hydrogen (secondary N) is 3. The molecule has 0 radical (unpaired) electrons. The third-order valence-corrected chi connectivity index (χ3v) is 4.88. The zero-order valence-corrected chi connectivity index (χ0v) is 17.4. The van der Waals surface area contributed by atoms with Gasteiger partial charge in [-0.05, 0) is 18.6 Å². The van der Waals surface area contributed by atoms with Gasteiger partial charge in [0, 0.05) is 19.5 Å². The summed E-state index contributed by atoms with van der Waals surface area (Å²) in [6.45, 7) is 0.143. The normalized spacial score (nSPS) is 17.5. The highest BCUT2D eigenvalue weighted by atomic mass is 16.5. The van der Waals surface area contributed by atoms with Gasteiger partial charge in [0.2, 0.25) is 11.8 Å². The van der Waals surface area contributed by atoms with E-state index in [9.17, 15) is 28.8 Å². The van der Waals surface area contributed by atoms with E-state index >= 15 is 0 Å². The number of rotatable bonds is 10. The van der Waals surface area contributed by atoms with Crippen molar-refractivity contribution in [3.63, 3.8) is 0 Å². The van der Waals surface area contributed by atoms with Crippen molar-refractivity contribution < 1.29 is 43.3 Å². The quantitative estimate of drug-likeness (QED) is 0.247. The number of nitrogens with zero attached hydrogens (tertiary/aromatic N) is 1. The zero-order chi connectivity index (χ0) is 24.0. The summed E-state index contributed by atoms with van der Waals surface area (Å²) in [7, 11) is 0. The van der Waals surface area contributed by atoms with Crippen LogP contribution in [0, 0.1) is 0 Å². The van der Waals surface area contributed by atoms with Crippen molar-refractivity contribution in [1.82, 2.24) is 20.9 Å². The number of hydrogen-bond donors (Lipinski definition) is 4. The minimum Gasteiger partial charge on any atom is -0.483 e. The Balaban J connectivity index is 1.53. The fourth-order valence-corrected chi connectivity index (χ4v) is 3.39. The highest BCUT2D eigenvalue weighted by Crippen LogP contribution is 2.33. The molecule has 0 spiro atoms. The standard InChI is InChI=1S/C20H22N4O9/c25-14-5-4-12(17(27)23-14)24-18(28)11-2-1-3-13(16(11)19(24)29)33-10-15(26)21-6-8-32-9-7-22-20(30)31/h1-3,12,22H,4-10H2,(H,21,26)(H,30,31)(H,23,25,27). The molecule has 4 N–H and O–H groups in total. The number of hydrogen-bond acceptors (Lipinski definition) is 8. The molecule has 3 rings (SSSR count). The molecule has 1 saturated heterocycles. The lowest BCUT2D eigenvalue weighted by molar-refractivity contribution is -0.136. The van der Waals surface area contributed by atoms with Crippen molar-refractivity contribution in [3.8, 4) is 5.75 Å². The van der Waals surface area contributed by atoms with E-state index in [1.165, 1.54) is 18.2 Å². The summed E-state index contributed by atoms with van der Waals surface area (Å²) in [4.78, 5) is 72.3. The molecule has 0 saturated carbocycles. The predicted octanol–water partition coefficient (Wildman–Crippen LogP) is -1.13. The smallest absolute Gasteiger partial charge is 0.404 e. The van der Waals surface area contributed by atoms with Crippen LogP contribution in [0.2, 0.25) is 0 Å². The van der Waals surface area contributed by atoms with Crippen LogP contribution in [-0.4, -0.2) is 84.6 Å². The number of carboxylic acid groups (broad SMARTS) is 1. The number of carbonyl (C=O) groups excluding carboxylic acids is 5. The van der Waals surface area contributed by atoms with Crippen molar-refractivity contribution in [2.24, 2.45) is 0 Å². The highest BCUT2D eigenvalue weighted by molar-refractivity contribution is 6.24. The fraction of sp³-hybridized carbons (Fsp3) is 0.400. The van der Waals surface area contributed by atoms with Crippen molar-refractivity contribution in [2.45, 2.75) is 18.9 Å². The Hall–Kier alpha value is -4.00. The molecule has 1 atom stereocenters. The van der Waals surface area contributed by atoms with Crippen LogP contribution in [-0.2, 0) is 19.1 Å². The van der Waals surface area contributed by atoms with Gasteiger partial charge in [0.05, 0.1) is 24.3 Å². The van der Waals surface area contributed by atoms with Gasteiger partial charge in [-0.1, -0.05) is 6.07 Å². The largest absolute Gasteiger partial charge is 0.483 e. The summed E-state index contributed by atoms with van der Waals surface area (Å²) in [5.41, 5.74) is 0.000224. The molecule has 1 unspecified atom stereocenters. The first-order valence-electron chi connectivity index (χ1n) is 10.1. The predicted molar refractivity (Wildman–Crippen MR) is 108 cm³/mol. The molecule has 2 heterocycles. The number of amides is 6. The molecule has 0 aliphatic carbocycles. The zero-order valence-electron chi connectivity index (χ0n) is 17.4. The second-order valence-electron chi connectivity index (χ2n) is 7.11. The monoisotopic (exact) mass is 462 g/mol. The van der Waals surface area contributed by atoms with Crippen molar-refractivity contribution in [1.29, 1.82) is 0 Å². The Morgan fingerprint density at radius 2 is 1.82 bits per heavy atom. The average molecular weight is 462 g/mol. The number of benzene rings is 1. The summed E-state index contributed by atoms with van der Waals surface area (Å²) in [5.74, 6) is -3.07. The van der Waals surface area contributed by atoms with Crippen LogP contribution in [0.4, 0.5) is 4.79 Å². The second-order valence-corrected chi connectivity index (χ2v) is 7.11. The summed E-state index contributed by atoms with van der Waals surface area (Å²) in [5, 5.41) is 15.2. The van der Waals surface area contributed by atoms with Gasteiger partial charge in [0.15, 0.2) is 6.61 Å². The van der Waals surface area contributed by atoms with Gasteiger partial charge in [-0.3, -0.25) is 34.2 Å². The average Bonchev–Trinajstić information content (AvgIpc) is 3.02. The van der Waals surface area contributed by atoms with E-state index < -0.39 is 48.3 Å². The second kappa shape index (κ2) is 10.5. The highest BCUT2D eigenvalue weighted by Gasteiger charge is 2.46. The van der Waals surface area contributed by atoms with Gasteiger partial charge in [-0.2, -0.15) is 0 Å². The third kappa shape index (κ3) is 5.63. The van der Waals surface area contributed by atoms with E-state index in [1.807, 2.05) is 0 Å². The molecule has 6 amide bonds. The first-order chi connectivity index (χ1) is 15.8. The molecule has 13 heteroatoms. The van der Waals surface area contributed by atoms with E-state index in [4.69, 9.17) is 14.6 Å². The number of carbonyl (C=O) groups is 6. The van der Waals surface area contributed by atoms with E-state index in [2.05, 4.69) is 16.0 Å². The molecule has 1 aromatic carbocycles. The lowest BCUT2D eigenvalue weighted by Crippen LogP contribution is -2.54. The number of ether oxygens (including phenoxy) is 2. The van der Waals surface area contributed by atoms with Crippen LogP contribution >= 0.6 is 0 Å². The topological polar surface area (TPSA) is 180 Å². The Bertz CT molecular complexity index is 994. The number of imide groups is 2. The van der Waals surface area contributed by atoms with Crippen LogP contribution in [0.15, 0.2) is 18.2 Å². The van der Waals surface area contributed by atoms with E-state index in [-0.39, 0.29) is 56.0 Å². The van der Waals surface area contributed by atoms with E-state index in [0.29, 0.717) is 0 Å². The van der Waals surface area contributed by atoms with Crippen molar-refractivity contribution >= 4 is 35.6 Å². The maximum atomic E-state index is 12.9. The van der Waals surface area contributed by atoms with E-state index in [1.54, 1.807) is 0 Å². The van der Waals surface area contributed by atoms with Gasteiger partial charge in [0.1, 0.15) is 11.8 Å². The first-order valence-corrected chi connectivity index (χ1v) is 10.1. The first kappa shape index (κ1) is 23.7. The van der Waals surface area contributed by atoms with Gasteiger partial charge in [-0.25, -0.2) is 4.79 Å². The van der Waals surface area contributed by atoms with Crippen LogP contribution < -0.4 is 20.7 Å². The van der Waals surface area contributed by atoms with Crippen LogP contribution in [0.25, 0.3) is 0 Å². The molecule has 33 heavy (non-hydrogen) atoms. The molecule has 0 bridgehead atoms. The van der Waals surface area contributed by atoms with Gasteiger partial charge in [0.25, 0.3) is 17.7 Å². The van der Waals surface area contributed by atoms with E-state index in [0.717, 1.165) is 4.90 Å². The fourth-order valence-electron chi connectivity index (χ4n) is 3.39. The summed E-state index contributed by atoms with van der Waals surface area (Å²) in [6.07, 6.45) is -1.12. The Morgan fingerprint density at radius 1 is 1.09 bits per heavy atom. The number of fused-ring (bicyclic) bond motifs is 1. The van der Waals surface area contributed by atoms with Gasteiger partial charge < -0.3 is 25.2 Å². The Morgan fingerprint density at radius 3 is 2.52 bits per heavy atom. The molecular weight excluding hydrogens is 440 g/mol. The summed E-state index contributed by atoms with van der Waals surface area (Å²) < 4.78 is 10.6. The maximum absolute atomic E-state index is 12.9. The van der Waals surface area contributed by atoms with Crippen LogP contribution in [0.1, 0.15) is 33.6 Å². The number of piperidine rings is 1. The minimum absolute atomic E-state index is 0.00707. The van der Waals surface area contributed by atoms with Gasteiger partial charge >= 0.3 is 6.09 Å². The third-order valence-electron chi connectivity index (χ3n) is 4.88. The van der Waals surface area contributed by atoms with Crippen LogP contribution in [0.5, 0.6) is 5.75 Å². The molecular formula is C20H22N4O9.